The fourth-order valence-corrected chi connectivity index (χ4v) is 2.24. The lowest BCUT2D eigenvalue weighted by molar-refractivity contribution is 0.510. The van der Waals surface area contributed by atoms with E-state index in [4.69, 9.17) is 5.73 Å². The minimum Gasteiger partial charge on any atom is -0.324 e. The van der Waals surface area contributed by atoms with Crippen LogP contribution in [-0.2, 0) is 9.84 Å². The Balaban J connectivity index is 0.00000256. The number of halogens is 1. The van der Waals surface area contributed by atoms with E-state index in [1.165, 1.54) is 6.26 Å². The topological polar surface area (TPSA) is 60.2 Å². The molecule has 0 saturated heterocycles. The molecule has 1 rings (SSSR count). The summed E-state index contributed by atoms with van der Waals surface area (Å²) >= 11 is 0. The van der Waals surface area contributed by atoms with Crippen LogP contribution in [0.15, 0.2) is 29.2 Å². The molecule has 1 aromatic rings. The largest absolute Gasteiger partial charge is 0.324 e. The fourth-order valence-electron chi connectivity index (χ4n) is 1.61. The molecule has 0 spiro atoms. The van der Waals surface area contributed by atoms with Gasteiger partial charge in [0.25, 0.3) is 0 Å². The Hall–Kier alpha value is -0.580. The molecule has 0 fully saturated rings. The van der Waals surface area contributed by atoms with Crippen LogP contribution in [0.4, 0.5) is 0 Å². The Kier molecular flexibility index (Phi) is 6.16. The predicted octanol–water partition coefficient (Wildman–Crippen LogP) is 2.56. The van der Waals surface area contributed by atoms with Crippen molar-refractivity contribution in [3.8, 4) is 0 Å². The van der Waals surface area contributed by atoms with Gasteiger partial charge < -0.3 is 5.73 Å². The van der Waals surface area contributed by atoms with Crippen molar-refractivity contribution in [3.63, 3.8) is 0 Å². The van der Waals surface area contributed by atoms with E-state index < -0.39 is 9.84 Å². The van der Waals surface area contributed by atoms with E-state index >= 15 is 0 Å². The summed E-state index contributed by atoms with van der Waals surface area (Å²) in [7, 11) is -3.11. The molecule has 0 aliphatic heterocycles. The quantitative estimate of drug-likeness (QED) is 0.920. The number of sulfone groups is 1. The maximum Gasteiger partial charge on any atom is 0.175 e. The first-order chi connectivity index (χ1) is 7.30. The molecule has 1 atom stereocenters. The van der Waals surface area contributed by atoms with Gasteiger partial charge in [0.1, 0.15) is 0 Å². The third-order valence-electron chi connectivity index (χ3n) is 2.46. The highest BCUT2D eigenvalue weighted by atomic mass is 35.5. The summed E-state index contributed by atoms with van der Waals surface area (Å²) < 4.78 is 22.5. The van der Waals surface area contributed by atoms with Crippen molar-refractivity contribution in [2.24, 2.45) is 11.7 Å². The maximum absolute atomic E-state index is 11.3. The average molecular weight is 278 g/mol. The van der Waals surface area contributed by atoms with E-state index in [1.54, 1.807) is 24.3 Å². The van der Waals surface area contributed by atoms with Gasteiger partial charge in [-0.05, 0) is 30.0 Å². The predicted molar refractivity (Wildman–Crippen MR) is 73.2 cm³/mol. The Bertz CT molecular complexity index is 440. The van der Waals surface area contributed by atoms with E-state index in [0.29, 0.717) is 10.8 Å². The highest BCUT2D eigenvalue weighted by Crippen LogP contribution is 2.20. The van der Waals surface area contributed by atoms with Crippen molar-refractivity contribution in [2.45, 2.75) is 31.2 Å². The minimum absolute atomic E-state index is 0. The van der Waals surface area contributed by atoms with Gasteiger partial charge >= 0.3 is 0 Å². The summed E-state index contributed by atoms with van der Waals surface area (Å²) in [6, 6.07) is 6.80. The van der Waals surface area contributed by atoms with E-state index in [2.05, 4.69) is 13.8 Å². The molecular weight excluding hydrogens is 258 g/mol. The van der Waals surface area contributed by atoms with Crippen LogP contribution in [-0.4, -0.2) is 14.7 Å². The number of hydrogen-bond acceptors (Lipinski definition) is 3. The molecule has 98 valence electrons. The van der Waals surface area contributed by atoms with Gasteiger partial charge in [-0.2, -0.15) is 0 Å². The third kappa shape index (κ3) is 5.06. The molecule has 0 aromatic heterocycles. The summed E-state index contributed by atoms with van der Waals surface area (Å²) in [6.07, 6.45) is 2.11. The number of rotatable bonds is 4. The van der Waals surface area contributed by atoms with Gasteiger partial charge in [-0.15, -0.1) is 12.4 Å². The lowest BCUT2D eigenvalue weighted by Gasteiger charge is -2.14. The smallest absolute Gasteiger partial charge is 0.175 e. The fraction of sp³-hybridized carbons (Fsp3) is 0.500. The van der Waals surface area contributed by atoms with Gasteiger partial charge in [-0.3, -0.25) is 0 Å². The van der Waals surface area contributed by atoms with Crippen molar-refractivity contribution >= 4 is 22.2 Å². The molecule has 5 heteroatoms. The Morgan fingerprint density at radius 2 is 1.65 bits per heavy atom. The zero-order chi connectivity index (χ0) is 12.3. The number of hydrogen-bond donors (Lipinski definition) is 1. The van der Waals surface area contributed by atoms with Crippen LogP contribution in [0, 0.1) is 5.92 Å². The van der Waals surface area contributed by atoms with Crippen LogP contribution >= 0.6 is 12.4 Å². The van der Waals surface area contributed by atoms with Crippen LogP contribution in [0.5, 0.6) is 0 Å². The molecule has 0 radical (unpaired) electrons. The SMILES string of the molecule is CC(C)C[C@H](N)c1ccc(S(C)(=O)=O)cc1.Cl. The normalized spacial score (nSPS) is 13.2. The molecular formula is C12H20ClNO2S. The first kappa shape index (κ1) is 16.4. The molecule has 0 bridgehead atoms. The molecule has 1 aromatic carbocycles. The molecule has 17 heavy (non-hydrogen) atoms. The van der Waals surface area contributed by atoms with Crippen LogP contribution in [0.25, 0.3) is 0 Å². The van der Waals surface area contributed by atoms with Gasteiger partial charge in [0.05, 0.1) is 4.90 Å². The van der Waals surface area contributed by atoms with E-state index in [0.717, 1.165) is 12.0 Å². The maximum atomic E-state index is 11.3. The van der Waals surface area contributed by atoms with Crippen molar-refractivity contribution < 1.29 is 8.42 Å². The summed E-state index contributed by atoms with van der Waals surface area (Å²) in [5.74, 6) is 0.532. The zero-order valence-electron chi connectivity index (χ0n) is 10.4. The van der Waals surface area contributed by atoms with Gasteiger partial charge in [0, 0.05) is 12.3 Å². The zero-order valence-corrected chi connectivity index (χ0v) is 12.0. The van der Waals surface area contributed by atoms with Crippen molar-refractivity contribution in [1.29, 1.82) is 0 Å². The average Bonchev–Trinajstić information content (AvgIpc) is 2.15. The molecule has 3 nitrogen and oxygen atoms in total. The van der Waals surface area contributed by atoms with Gasteiger partial charge in [0.15, 0.2) is 9.84 Å². The molecule has 0 amide bonds. The molecule has 0 aliphatic rings. The van der Waals surface area contributed by atoms with Gasteiger partial charge in [-0.1, -0.05) is 26.0 Å². The lowest BCUT2D eigenvalue weighted by atomic mass is 9.98. The van der Waals surface area contributed by atoms with Crippen LogP contribution in [0.2, 0.25) is 0 Å². The van der Waals surface area contributed by atoms with Crippen molar-refractivity contribution in [3.05, 3.63) is 29.8 Å². The summed E-state index contributed by atoms with van der Waals surface area (Å²) in [5.41, 5.74) is 6.99. The van der Waals surface area contributed by atoms with Crippen LogP contribution < -0.4 is 5.73 Å². The molecule has 0 unspecified atom stereocenters. The Morgan fingerprint density at radius 1 is 1.18 bits per heavy atom. The molecule has 2 N–H and O–H groups in total. The van der Waals surface area contributed by atoms with Crippen LogP contribution in [0.3, 0.4) is 0 Å². The van der Waals surface area contributed by atoms with E-state index in [1.807, 2.05) is 0 Å². The third-order valence-corrected chi connectivity index (χ3v) is 3.59. The van der Waals surface area contributed by atoms with Crippen molar-refractivity contribution in [2.75, 3.05) is 6.26 Å². The minimum atomic E-state index is -3.11. The molecule has 0 heterocycles. The second-order valence-electron chi connectivity index (χ2n) is 4.58. The highest BCUT2D eigenvalue weighted by molar-refractivity contribution is 7.90. The molecule has 0 saturated carbocycles. The number of nitrogens with two attached hydrogens (primary N) is 1. The summed E-state index contributed by atoms with van der Waals surface area (Å²) in [5, 5.41) is 0. The Labute approximate surface area is 110 Å². The Morgan fingerprint density at radius 3 is 2.00 bits per heavy atom. The summed E-state index contributed by atoms with van der Waals surface area (Å²) in [6.45, 7) is 4.23. The van der Waals surface area contributed by atoms with E-state index in [-0.39, 0.29) is 18.4 Å². The number of benzene rings is 1. The second-order valence-corrected chi connectivity index (χ2v) is 6.59. The lowest BCUT2D eigenvalue weighted by Crippen LogP contribution is -2.13. The van der Waals surface area contributed by atoms with Crippen molar-refractivity contribution in [1.82, 2.24) is 0 Å². The van der Waals surface area contributed by atoms with Gasteiger partial charge in [-0.25, -0.2) is 8.42 Å². The standard InChI is InChI=1S/C12H19NO2S.ClH/c1-9(2)8-12(13)10-4-6-11(7-5-10)16(3,14)15;/h4-7,9,12H,8,13H2,1-3H3;1H/t12-;/m0./s1. The van der Waals surface area contributed by atoms with Crippen LogP contribution in [0.1, 0.15) is 31.9 Å². The summed E-state index contributed by atoms with van der Waals surface area (Å²) in [4.78, 5) is 0.341. The van der Waals surface area contributed by atoms with Gasteiger partial charge in [0.2, 0.25) is 0 Å². The molecule has 0 aliphatic carbocycles. The highest BCUT2D eigenvalue weighted by Gasteiger charge is 2.10. The first-order valence-electron chi connectivity index (χ1n) is 5.36. The second kappa shape index (κ2) is 6.38. The first-order valence-corrected chi connectivity index (χ1v) is 7.25. The van der Waals surface area contributed by atoms with E-state index in [9.17, 15) is 8.42 Å². The monoisotopic (exact) mass is 277 g/mol.